The van der Waals surface area contributed by atoms with Crippen molar-refractivity contribution >= 4 is 46.0 Å². The van der Waals surface area contributed by atoms with Gasteiger partial charge in [-0.2, -0.15) is 5.10 Å². The highest BCUT2D eigenvalue weighted by molar-refractivity contribution is 6.31. The summed E-state index contributed by atoms with van der Waals surface area (Å²) in [6.45, 7) is 2.74. The Morgan fingerprint density at radius 3 is 2.68 bits per heavy atom. The second-order valence-electron chi connectivity index (χ2n) is 9.05. The monoisotopic (exact) mass is 520 g/mol. The quantitative estimate of drug-likeness (QED) is 0.319. The molecule has 0 radical (unpaired) electrons. The summed E-state index contributed by atoms with van der Waals surface area (Å²) in [5.74, 6) is -0.349. The molecule has 3 heterocycles. The molecule has 1 atom stereocenters. The Hall–Kier alpha value is -4.02. The first-order valence-electron chi connectivity index (χ1n) is 11.7. The summed E-state index contributed by atoms with van der Waals surface area (Å²) < 4.78 is 6.99. The number of anilines is 2. The van der Waals surface area contributed by atoms with Crippen molar-refractivity contribution in [3.63, 3.8) is 0 Å². The highest BCUT2D eigenvalue weighted by Crippen LogP contribution is 2.45. The number of rotatable bonds is 8. The van der Waals surface area contributed by atoms with Crippen LogP contribution >= 0.6 is 11.6 Å². The van der Waals surface area contributed by atoms with Gasteiger partial charge in [0.1, 0.15) is 22.7 Å². The highest BCUT2D eigenvalue weighted by Gasteiger charge is 2.47. The molecule has 190 valence electrons. The Morgan fingerprint density at radius 2 is 1.97 bits per heavy atom. The zero-order valence-electron chi connectivity index (χ0n) is 20.3. The molecule has 0 unspecified atom stereocenters. The van der Waals surface area contributed by atoms with Crippen LogP contribution in [0.4, 0.5) is 11.6 Å². The minimum Gasteiger partial charge on any atom is -0.481 e. The fraction of sp³-hybridized carbons (Fsp3) is 0.269. The van der Waals surface area contributed by atoms with Gasteiger partial charge in [0.2, 0.25) is 5.91 Å². The van der Waals surface area contributed by atoms with E-state index < -0.39 is 11.4 Å². The second kappa shape index (κ2) is 9.45. The number of methoxy groups -OCH3 is 1. The van der Waals surface area contributed by atoms with Gasteiger partial charge in [0, 0.05) is 23.9 Å². The van der Waals surface area contributed by atoms with Crippen molar-refractivity contribution < 1.29 is 19.4 Å². The van der Waals surface area contributed by atoms with Gasteiger partial charge in [-0.25, -0.2) is 9.97 Å². The van der Waals surface area contributed by atoms with Crippen molar-refractivity contribution in [3.05, 3.63) is 64.2 Å². The van der Waals surface area contributed by atoms with Crippen LogP contribution in [-0.2, 0) is 32.7 Å². The molecular weight excluding hydrogens is 496 g/mol. The molecule has 11 heteroatoms. The number of nitrogens with two attached hydrogens (primary N) is 1. The molecule has 2 aromatic carbocycles. The summed E-state index contributed by atoms with van der Waals surface area (Å²) in [5.41, 5.74) is 8.73. The number of nitrogen functional groups attached to an aromatic ring is 1. The third kappa shape index (κ3) is 4.28. The van der Waals surface area contributed by atoms with E-state index in [-0.39, 0.29) is 24.0 Å². The Balaban J connectivity index is 1.56. The van der Waals surface area contributed by atoms with E-state index in [1.54, 1.807) is 24.8 Å². The Labute approximate surface area is 217 Å². The van der Waals surface area contributed by atoms with E-state index in [0.29, 0.717) is 47.2 Å². The predicted molar refractivity (Wildman–Crippen MR) is 140 cm³/mol. The number of carbonyl (C=O) groups is 2. The molecule has 0 spiro atoms. The number of halogens is 1. The minimum absolute atomic E-state index is 0.0333. The Kier molecular flexibility index (Phi) is 6.30. The van der Waals surface area contributed by atoms with Crippen molar-refractivity contribution in [3.8, 4) is 11.5 Å². The first kappa shape index (κ1) is 24.7. The number of hydrogen-bond donors (Lipinski definition) is 3. The van der Waals surface area contributed by atoms with Crippen LogP contribution in [-0.4, -0.2) is 50.4 Å². The molecule has 1 aliphatic heterocycles. The number of carbonyl (C=O) groups excluding carboxylic acids is 1. The number of amides is 1. The normalized spacial score (nSPS) is 16.7. The van der Waals surface area contributed by atoms with Gasteiger partial charge in [-0.3, -0.25) is 14.3 Å². The van der Waals surface area contributed by atoms with E-state index in [9.17, 15) is 9.59 Å². The lowest BCUT2D eigenvalue weighted by Gasteiger charge is -2.23. The topological polar surface area (TPSA) is 145 Å². The van der Waals surface area contributed by atoms with Crippen molar-refractivity contribution in [1.29, 1.82) is 0 Å². The van der Waals surface area contributed by atoms with Gasteiger partial charge in [0.25, 0.3) is 0 Å². The highest BCUT2D eigenvalue weighted by atomic mass is 35.5. The maximum Gasteiger partial charge on any atom is 0.303 e. The van der Waals surface area contributed by atoms with E-state index in [1.165, 1.54) is 0 Å². The van der Waals surface area contributed by atoms with Gasteiger partial charge in [-0.05, 0) is 42.7 Å². The van der Waals surface area contributed by atoms with E-state index in [2.05, 4.69) is 15.3 Å². The molecule has 2 aromatic heterocycles. The third-order valence-electron chi connectivity index (χ3n) is 6.71. The number of fused-ring (bicyclic) bond motifs is 2. The number of nitrogens with zero attached hydrogens (tertiary/aromatic N) is 4. The van der Waals surface area contributed by atoms with Crippen LogP contribution < -0.4 is 11.1 Å². The molecule has 0 saturated carbocycles. The van der Waals surface area contributed by atoms with Gasteiger partial charge < -0.3 is 20.9 Å². The van der Waals surface area contributed by atoms with Crippen LogP contribution in [0, 0.1) is 0 Å². The maximum atomic E-state index is 13.3. The van der Waals surface area contributed by atoms with E-state index in [4.69, 9.17) is 32.3 Å². The van der Waals surface area contributed by atoms with Crippen LogP contribution in [0.2, 0.25) is 5.02 Å². The number of benzene rings is 2. The van der Waals surface area contributed by atoms with Gasteiger partial charge in [-0.1, -0.05) is 35.9 Å². The average Bonchev–Trinajstić information content (AvgIpc) is 3.36. The standard InChI is InChI=1S/C26H25ClN6O4/c1-26(15-6-3-14(4-7-15)5-10-19(34)35)20-22(28)29-24(30-23(20)31-25(26)36)21-17-9-8-16(27)13-18(17)33(32-21)11-12-37-2/h3-4,6-9,13H,5,10-12H2,1-2H3,(H,34,35)(H3,28,29,30,31,36)/t26-/m0/s1. The van der Waals surface area contributed by atoms with E-state index >= 15 is 0 Å². The lowest BCUT2D eigenvalue weighted by atomic mass is 9.77. The molecule has 0 bridgehead atoms. The van der Waals surface area contributed by atoms with Crippen molar-refractivity contribution in [1.82, 2.24) is 19.7 Å². The molecule has 4 N–H and O–H groups in total. The Bertz CT molecular complexity index is 1530. The maximum absolute atomic E-state index is 13.3. The fourth-order valence-electron chi connectivity index (χ4n) is 4.71. The molecule has 5 rings (SSSR count). The minimum atomic E-state index is -1.11. The largest absolute Gasteiger partial charge is 0.481 e. The number of carboxylic acid groups (broad SMARTS) is 1. The van der Waals surface area contributed by atoms with Crippen molar-refractivity contribution in [2.75, 3.05) is 24.8 Å². The van der Waals surface area contributed by atoms with E-state index in [0.717, 1.165) is 16.5 Å². The summed E-state index contributed by atoms with van der Waals surface area (Å²) in [6, 6.07) is 12.7. The second-order valence-corrected chi connectivity index (χ2v) is 9.49. The predicted octanol–water partition coefficient (Wildman–Crippen LogP) is 3.65. The molecule has 1 aliphatic rings. The van der Waals surface area contributed by atoms with Crippen molar-refractivity contribution in [2.45, 2.75) is 31.7 Å². The third-order valence-corrected chi connectivity index (χ3v) is 6.95. The smallest absolute Gasteiger partial charge is 0.303 e. The molecule has 0 saturated heterocycles. The number of ether oxygens (including phenoxy) is 1. The van der Waals surface area contributed by atoms with Crippen LogP contribution in [0.15, 0.2) is 42.5 Å². The summed E-state index contributed by atoms with van der Waals surface area (Å²) in [4.78, 5) is 33.4. The number of aliphatic carboxylic acids is 1. The number of nitrogens with one attached hydrogen (secondary N) is 1. The van der Waals surface area contributed by atoms with Crippen LogP contribution in [0.3, 0.4) is 0 Å². The molecule has 0 aliphatic carbocycles. The number of carboxylic acids is 1. The van der Waals surface area contributed by atoms with Crippen molar-refractivity contribution in [2.24, 2.45) is 0 Å². The lowest BCUT2D eigenvalue weighted by Crippen LogP contribution is -2.33. The summed E-state index contributed by atoms with van der Waals surface area (Å²) in [7, 11) is 1.62. The van der Waals surface area contributed by atoms with E-state index in [1.807, 2.05) is 36.4 Å². The van der Waals surface area contributed by atoms with Crippen LogP contribution in [0.25, 0.3) is 22.4 Å². The van der Waals surface area contributed by atoms with Gasteiger partial charge in [-0.15, -0.1) is 0 Å². The first-order chi connectivity index (χ1) is 17.7. The lowest BCUT2D eigenvalue weighted by molar-refractivity contribution is -0.137. The molecule has 1 amide bonds. The zero-order valence-corrected chi connectivity index (χ0v) is 21.0. The van der Waals surface area contributed by atoms with Crippen LogP contribution in [0.5, 0.6) is 0 Å². The average molecular weight is 521 g/mol. The number of hydrogen-bond acceptors (Lipinski definition) is 7. The SMILES string of the molecule is COCCn1nc(-c2nc(N)c3c(n2)NC(=O)[C@@]3(C)c2ccc(CCC(=O)O)cc2)c2ccc(Cl)cc21. The molecule has 37 heavy (non-hydrogen) atoms. The van der Waals surface area contributed by atoms with Crippen LogP contribution in [0.1, 0.15) is 30.0 Å². The summed E-state index contributed by atoms with van der Waals surface area (Å²) in [5, 5.41) is 17.9. The summed E-state index contributed by atoms with van der Waals surface area (Å²) in [6.07, 6.45) is 0.436. The van der Waals surface area contributed by atoms with Gasteiger partial charge in [0.05, 0.1) is 24.2 Å². The van der Waals surface area contributed by atoms with Gasteiger partial charge >= 0.3 is 5.97 Å². The zero-order chi connectivity index (χ0) is 26.3. The fourth-order valence-corrected chi connectivity index (χ4v) is 4.87. The first-order valence-corrected chi connectivity index (χ1v) is 12.1. The summed E-state index contributed by atoms with van der Waals surface area (Å²) >= 11 is 6.23. The number of aryl methyl sites for hydroxylation is 1. The molecule has 0 fully saturated rings. The Morgan fingerprint density at radius 1 is 1.22 bits per heavy atom. The van der Waals surface area contributed by atoms with Gasteiger partial charge in [0.15, 0.2) is 5.82 Å². The molecular formula is C26H25ClN6O4. The molecule has 4 aromatic rings. The number of aromatic nitrogens is 4. The molecule has 10 nitrogen and oxygen atoms in total.